The van der Waals surface area contributed by atoms with Gasteiger partial charge in [-0.15, -0.1) is 0 Å². The molecule has 154 valence electrons. The summed E-state index contributed by atoms with van der Waals surface area (Å²) in [5, 5.41) is 2.80. The zero-order valence-corrected chi connectivity index (χ0v) is 17.4. The van der Waals surface area contributed by atoms with E-state index in [9.17, 15) is 13.2 Å². The molecule has 30 heavy (non-hydrogen) atoms. The molecular formula is C22H21N3O4S. The molecule has 1 aromatic heterocycles. The van der Waals surface area contributed by atoms with Crippen LogP contribution in [-0.4, -0.2) is 32.1 Å². The molecule has 0 fully saturated rings. The lowest BCUT2D eigenvalue weighted by Crippen LogP contribution is -2.27. The van der Waals surface area contributed by atoms with Gasteiger partial charge < -0.3 is 10.1 Å². The average Bonchev–Trinajstić information content (AvgIpc) is 3.15. The van der Waals surface area contributed by atoms with Crippen LogP contribution in [0.15, 0.2) is 60.8 Å². The second-order valence-electron chi connectivity index (χ2n) is 7.18. The molecule has 0 radical (unpaired) electrons. The van der Waals surface area contributed by atoms with E-state index in [-0.39, 0.29) is 5.91 Å². The number of ether oxygens (including phenoxy) is 1. The summed E-state index contributed by atoms with van der Waals surface area (Å²) in [4.78, 5) is 16.8. The van der Waals surface area contributed by atoms with E-state index in [1.807, 2.05) is 31.2 Å². The Morgan fingerprint density at radius 3 is 2.53 bits per heavy atom. The minimum absolute atomic E-state index is 0.287. The number of nitrogens with zero attached hydrogens (tertiary/aromatic N) is 2. The van der Waals surface area contributed by atoms with Gasteiger partial charge in [-0.2, -0.15) is 0 Å². The number of sulfonamides is 1. The lowest BCUT2D eigenvalue weighted by Gasteiger charge is -2.16. The number of anilines is 2. The number of carbonyl (C=O) groups is 1. The van der Waals surface area contributed by atoms with Crippen molar-refractivity contribution in [1.29, 1.82) is 0 Å². The first kappa shape index (κ1) is 19.9. The van der Waals surface area contributed by atoms with E-state index >= 15 is 0 Å². The summed E-state index contributed by atoms with van der Waals surface area (Å²) >= 11 is 0. The van der Waals surface area contributed by atoms with Gasteiger partial charge in [0.1, 0.15) is 5.75 Å². The first-order chi connectivity index (χ1) is 14.3. The predicted molar refractivity (Wildman–Crippen MR) is 116 cm³/mol. The Morgan fingerprint density at radius 2 is 1.87 bits per heavy atom. The zero-order chi connectivity index (χ0) is 21.3. The zero-order valence-electron chi connectivity index (χ0n) is 16.6. The van der Waals surface area contributed by atoms with Crippen LogP contribution in [0, 0.1) is 6.92 Å². The monoisotopic (exact) mass is 423 g/mol. The Kier molecular flexibility index (Phi) is 5.17. The number of pyridine rings is 1. The molecule has 1 N–H and O–H groups in total. The molecule has 7 nitrogen and oxygen atoms in total. The third-order valence-corrected chi connectivity index (χ3v) is 6.01. The SMILES string of the molecule is Cc1ccc(Oc2ccc(NC(=O)c3ccc4c(c3)CCN4S(C)(=O)=O)cn2)cc1. The van der Waals surface area contributed by atoms with Crippen molar-refractivity contribution in [2.24, 2.45) is 0 Å². The van der Waals surface area contributed by atoms with Crippen LogP contribution in [0.25, 0.3) is 0 Å². The Balaban J connectivity index is 1.43. The first-order valence-corrected chi connectivity index (χ1v) is 11.3. The van der Waals surface area contributed by atoms with Gasteiger partial charge >= 0.3 is 0 Å². The predicted octanol–water partition coefficient (Wildman–Crippen LogP) is 3.76. The van der Waals surface area contributed by atoms with Crippen LogP contribution < -0.4 is 14.4 Å². The number of aryl methyl sites for hydroxylation is 1. The molecule has 2 aromatic carbocycles. The van der Waals surface area contributed by atoms with Crippen molar-refractivity contribution in [3.05, 3.63) is 77.5 Å². The number of aromatic nitrogens is 1. The van der Waals surface area contributed by atoms with Crippen molar-refractivity contribution in [1.82, 2.24) is 4.98 Å². The molecule has 1 aliphatic heterocycles. The van der Waals surface area contributed by atoms with E-state index in [0.717, 1.165) is 11.1 Å². The molecule has 0 bridgehead atoms. The fourth-order valence-corrected chi connectivity index (χ4v) is 4.26. The van der Waals surface area contributed by atoms with Crippen LogP contribution in [0.1, 0.15) is 21.5 Å². The normalized spacial score (nSPS) is 13.1. The van der Waals surface area contributed by atoms with Gasteiger partial charge in [0.2, 0.25) is 15.9 Å². The molecule has 0 unspecified atom stereocenters. The number of carbonyl (C=O) groups excluding carboxylic acids is 1. The molecule has 2 heterocycles. The molecule has 0 saturated heterocycles. The second-order valence-corrected chi connectivity index (χ2v) is 9.09. The first-order valence-electron chi connectivity index (χ1n) is 9.42. The third-order valence-electron chi connectivity index (χ3n) is 4.83. The number of rotatable bonds is 5. The topological polar surface area (TPSA) is 88.6 Å². The molecule has 0 saturated carbocycles. The summed E-state index contributed by atoms with van der Waals surface area (Å²) in [5.41, 5.74) is 3.61. The molecule has 0 aliphatic carbocycles. The van der Waals surface area contributed by atoms with Crippen molar-refractivity contribution in [2.45, 2.75) is 13.3 Å². The maximum Gasteiger partial charge on any atom is 0.255 e. The van der Waals surface area contributed by atoms with Gasteiger partial charge in [0, 0.05) is 18.2 Å². The van der Waals surface area contributed by atoms with Gasteiger partial charge in [0.05, 0.1) is 23.8 Å². The Labute approximate surface area is 175 Å². The Hall–Kier alpha value is -3.39. The summed E-state index contributed by atoms with van der Waals surface area (Å²) in [6.45, 7) is 2.40. The minimum atomic E-state index is -3.31. The van der Waals surface area contributed by atoms with Gasteiger partial charge in [-0.1, -0.05) is 17.7 Å². The van der Waals surface area contributed by atoms with Crippen molar-refractivity contribution in [2.75, 3.05) is 22.4 Å². The van der Waals surface area contributed by atoms with Crippen molar-refractivity contribution >= 4 is 27.3 Å². The summed E-state index contributed by atoms with van der Waals surface area (Å²) in [6, 6.07) is 16.1. The van der Waals surface area contributed by atoms with Crippen LogP contribution in [0.4, 0.5) is 11.4 Å². The van der Waals surface area contributed by atoms with Crippen LogP contribution in [0.5, 0.6) is 11.6 Å². The van der Waals surface area contributed by atoms with E-state index in [2.05, 4.69) is 10.3 Å². The molecule has 1 aliphatic rings. The highest BCUT2D eigenvalue weighted by molar-refractivity contribution is 7.92. The summed E-state index contributed by atoms with van der Waals surface area (Å²) in [5.74, 6) is 0.825. The van der Waals surface area contributed by atoms with Crippen LogP contribution in [-0.2, 0) is 16.4 Å². The van der Waals surface area contributed by atoms with Crippen LogP contribution in [0.3, 0.4) is 0 Å². The number of fused-ring (bicyclic) bond motifs is 1. The quantitative estimate of drug-likeness (QED) is 0.675. The van der Waals surface area contributed by atoms with E-state index in [1.54, 1.807) is 30.3 Å². The summed E-state index contributed by atoms with van der Waals surface area (Å²) in [6.07, 6.45) is 3.29. The maximum absolute atomic E-state index is 12.6. The lowest BCUT2D eigenvalue weighted by atomic mass is 10.1. The van der Waals surface area contributed by atoms with Gasteiger partial charge in [0.25, 0.3) is 5.91 Å². The number of hydrogen-bond donors (Lipinski definition) is 1. The fraction of sp³-hybridized carbons (Fsp3) is 0.182. The van der Waals surface area contributed by atoms with Gasteiger partial charge in [0.15, 0.2) is 0 Å². The Morgan fingerprint density at radius 1 is 1.10 bits per heavy atom. The fourth-order valence-electron chi connectivity index (χ4n) is 3.30. The molecule has 4 rings (SSSR count). The van der Waals surface area contributed by atoms with E-state index < -0.39 is 10.0 Å². The molecule has 0 spiro atoms. The smallest absolute Gasteiger partial charge is 0.255 e. The molecule has 8 heteroatoms. The summed E-state index contributed by atoms with van der Waals surface area (Å²) < 4.78 is 30.7. The van der Waals surface area contributed by atoms with E-state index in [1.165, 1.54) is 16.8 Å². The highest BCUT2D eigenvalue weighted by Crippen LogP contribution is 2.31. The van der Waals surface area contributed by atoms with Gasteiger partial charge in [-0.25, -0.2) is 13.4 Å². The molecule has 1 amide bonds. The van der Waals surface area contributed by atoms with Crippen molar-refractivity contribution < 1.29 is 17.9 Å². The Bertz CT molecular complexity index is 1190. The summed E-state index contributed by atoms with van der Waals surface area (Å²) in [7, 11) is -3.31. The van der Waals surface area contributed by atoms with Crippen molar-refractivity contribution in [3.63, 3.8) is 0 Å². The highest BCUT2D eigenvalue weighted by atomic mass is 32.2. The molecular weight excluding hydrogens is 402 g/mol. The van der Waals surface area contributed by atoms with Crippen molar-refractivity contribution in [3.8, 4) is 11.6 Å². The second kappa shape index (κ2) is 7.79. The molecule has 0 atom stereocenters. The number of nitrogens with one attached hydrogen (secondary N) is 1. The number of hydrogen-bond acceptors (Lipinski definition) is 5. The van der Waals surface area contributed by atoms with E-state index in [4.69, 9.17) is 4.74 Å². The minimum Gasteiger partial charge on any atom is -0.439 e. The average molecular weight is 423 g/mol. The largest absolute Gasteiger partial charge is 0.439 e. The van der Waals surface area contributed by atoms with Crippen LogP contribution in [0.2, 0.25) is 0 Å². The maximum atomic E-state index is 12.6. The molecule has 3 aromatic rings. The van der Waals surface area contributed by atoms with Gasteiger partial charge in [-0.05, 0) is 55.3 Å². The standard InChI is InChI=1S/C22H21N3O4S/c1-15-3-7-19(8-4-15)29-21-10-6-18(14-23-21)24-22(26)17-5-9-20-16(13-17)11-12-25(20)30(2,27)28/h3-10,13-14H,11-12H2,1-2H3,(H,24,26). The lowest BCUT2D eigenvalue weighted by molar-refractivity contribution is 0.102. The van der Waals surface area contributed by atoms with Gasteiger partial charge in [-0.3, -0.25) is 9.10 Å². The van der Waals surface area contributed by atoms with Crippen LogP contribution >= 0.6 is 0 Å². The number of amides is 1. The van der Waals surface area contributed by atoms with E-state index in [0.29, 0.717) is 41.5 Å². The number of benzene rings is 2. The third kappa shape index (κ3) is 4.28. The highest BCUT2D eigenvalue weighted by Gasteiger charge is 2.26.